The van der Waals surface area contributed by atoms with Crippen molar-refractivity contribution in [3.05, 3.63) is 41.7 Å². The Hall–Kier alpha value is -1.50. The van der Waals surface area contributed by atoms with Gasteiger partial charge >= 0.3 is 6.18 Å². The second-order valence-corrected chi connectivity index (χ2v) is 5.00. The van der Waals surface area contributed by atoms with Crippen molar-refractivity contribution in [2.75, 3.05) is 5.75 Å². The number of hydrogen-bond acceptors (Lipinski definition) is 3. The van der Waals surface area contributed by atoms with E-state index in [4.69, 9.17) is 0 Å². The molecule has 102 valence electrons. The van der Waals surface area contributed by atoms with Gasteiger partial charge in [-0.2, -0.15) is 13.2 Å². The molecule has 0 saturated heterocycles. The van der Waals surface area contributed by atoms with E-state index in [9.17, 15) is 13.2 Å². The molecule has 0 bridgehead atoms. The molecule has 1 N–H and O–H groups in total. The fraction of sp³-hybridized carbons (Fsp3) is 0.333. The third-order valence-electron chi connectivity index (χ3n) is 2.34. The molecule has 19 heavy (non-hydrogen) atoms. The Morgan fingerprint density at radius 3 is 2.58 bits per heavy atom. The number of alkyl halides is 3. The highest BCUT2D eigenvalue weighted by atomic mass is 32.2. The molecule has 0 aliphatic heterocycles. The van der Waals surface area contributed by atoms with Crippen LogP contribution in [0.15, 0.2) is 35.5 Å². The number of nitrogens with one attached hydrogen (secondary N) is 1. The van der Waals surface area contributed by atoms with Crippen LogP contribution in [-0.4, -0.2) is 27.1 Å². The number of H-pyrrole nitrogens is 1. The van der Waals surface area contributed by atoms with E-state index in [1.54, 1.807) is 0 Å². The van der Waals surface area contributed by atoms with Crippen LogP contribution in [0.25, 0.3) is 0 Å². The van der Waals surface area contributed by atoms with Gasteiger partial charge in [-0.25, -0.2) is 4.98 Å². The summed E-state index contributed by atoms with van der Waals surface area (Å²) in [6.07, 6.45) is -4.37. The van der Waals surface area contributed by atoms with Crippen molar-refractivity contribution < 1.29 is 13.2 Å². The average molecular weight is 287 g/mol. The van der Waals surface area contributed by atoms with Gasteiger partial charge in [-0.05, 0) is 5.56 Å². The molecule has 7 heteroatoms. The third-order valence-corrected chi connectivity index (χ3v) is 3.19. The Balaban J connectivity index is 1.86. The van der Waals surface area contributed by atoms with Gasteiger partial charge in [0.05, 0.1) is 6.42 Å². The van der Waals surface area contributed by atoms with Crippen LogP contribution in [0.4, 0.5) is 13.2 Å². The van der Waals surface area contributed by atoms with Crippen molar-refractivity contribution in [1.29, 1.82) is 0 Å². The predicted octanol–water partition coefficient (Wildman–Crippen LogP) is 3.44. The SMILES string of the molecule is FC(F)(F)CCSc1n[nH]c(Cc2ccccc2)n1. The molecule has 0 saturated carbocycles. The van der Waals surface area contributed by atoms with Gasteiger partial charge in [0, 0.05) is 12.2 Å². The van der Waals surface area contributed by atoms with Gasteiger partial charge in [0.1, 0.15) is 5.82 Å². The Kier molecular flexibility index (Phi) is 4.47. The molecule has 0 aliphatic carbocycles. The second-order valence-electron chi connectivity index (χ2n) is 3.94. The van der Waals surface area contributed by atoms with Crippen molar-refractivity contribution in [3.63, 3.8) is 0 Å². The predicted molar refractivity (Wildman–Crippen MR) is 67.0 cm³/mol. The molecule has 0 aliphatic rings. The van der Waals surface area contributed by atoms with Crippen molar-refractivity contribution in [1.82, 2.24) is 15.2 Å². The van der Waals surface area contributed by atoms with Crippen LogP contribution >= 0.6 is 11.8 Å². The fourth-order valence-electron chi connectivity index (χ4n) is 1.47. The molecule has 1 aromatic heterocycles. The van der Waals surface area contributed by atoms with E-state index in [0.29, 0.717) is 17.4 Å². The molecular formula is C12H12F3N3S. The number of aromatic amines is 1. The monoisotopic (exact) mass is 287 g/mol. The zero-order chi connectivity index (χ0) is 13.7. The number of rotatable bonds is 5. The molecule has 1 heterocycles. The lowest BCUT2D eigenvalue weighted by atomic mass is 10.1. The number of benzene rings is 1. The zero-order valence-electron chi connectivity index (χ0n) is 9.94. The molecule has 3 nitrogen and oxygen atoms in total. The number of halogens is 3. The van der Waals surface area contributed by atoms with Crippen LogP contribution in [0, 0.1) is 0 Å². The number of nitrogens with zero attached hydrogens (tertiary/aromatic N) is 2. The molecule has 0 atom stereocenters. The highest BCUT2D eigenvalue weighted by molar-refractivity contribution is 7.99. The van der Waals surface area contributed by atoms with Gasteiger partial charge in [0.2, 0.25) is 5.16 Å². The lowest BCUT2D eigenvalue weighted by molar-refractivity contribution is -0.129. The van der Waals surface area contributed by atoms with Crippen LogP contribution in [0.5, 0.6) is 0 Å². The van der Waals surface area contributed by atoms with E-state index in [2.05, 4.69) is 15.2 Å². The molecule has 0 amide bonds. The van der Waals surface area contributed by atoms with E-state index in [-0.39, 0.29) is 5.75 Å². The first kappa shape index (κ1) is 13.9. The van der Waals surface area contributed by atoms with Crippen LogP contribution < -0.4 is 0 Å². The fourth-order valence-corrected chi connectivity index (χ4v) is 2.27. The quantitative estimate of drug-likeness (QED) is 0.856. The summed E-state index contributed by atoms with van der Waals surface area (Å²) in [4.78, 5) is 4.15. The summed E-state index contributed by atoms with van der Waals surface area (Å²) in [6.45, 7) is 0. The molecule has 0 unspecified atom stereocenters. The molecule has 2 rings (SSSR count). The minimum Gasteiger partial charge on any atom is -0.262 e. The smallest absolute Gasteiger partial charge is 0.262 e. The van der Waals surface area contributed by atoms with Crippen LogP contribution in [0.3, 0.4) is 0 Å². The van der Waals surface area contributed by atoms with Crippen LogP contribution in [0.1, 0.15) is 17.8 Å². The van der Waals surface area contributed by atoms with Crippen LogP contribution in [0.2, 0.25) is 0 Å². The lowest BCUT2D eigenvalue weighted by Crippen LogP contribution is -2.08. The first-order valence-corrected chi connectivity index (χ1v) is 6.66. The van der Waals surface area contributed by atoms with E-state index < -0.39 is 12.6 Å². The Bertz CT molecular complexity index is 510. The summed E-state index contributed by atoms with van der Waals surface area (Å²) in [5.74, 6) is 0.590. The van der Waals surface area contributed by atoms with E-state index in [0.717, 1.165) is 17.3 Å². The summed E-state index contributed by atoms with van der Waals surface area (Å²) < 4.78 is 36.0. The molecule has 1 aromatic carbocycles. The molecular weight excluding hydrogens is 275 g/mol. The van der Waals surface area contributed by atoms with Crippen molar-refractivity contribution in [2.24, 2.45) is 0 Å². The normalized spacial score (nSPS) is 11.7. The van der Waals surface area contributed by atoms with Gasteiger partial charge in [-0.15, -0.1) is 5.10 Å². The van der Waals surface area contributed by atoms with E-state index in [1.165, 1.54) is 0 Å². The second kappa shape index (κ2) is 6.10. The van der Waals surface area contributed by atoms with Crippen molar-refractivity contribution in [3.8, 4) is 0 Å². The maximum Gasteiger partial charge on any atom is 0.389 e. The van der Waals surface area contributed by atoms with Gasteiger partial charge in [0.25, 0.3) is 0 Å². The summed E-state index contributed by atoms with van der Waals surface area (Å²) in [5.41, 5.74) is 1.07. The molecule has 2 aromatic rings. The van der Waals surface area contributed by atoms with E-state index in [1.807, 2.05) is 30.3 Å². The largest absolute Gasteiger partial charge is 0.389 e. The third kappa shape index (κ3) is 4.94. The van der Waals surface area contributed by atoms with Gasteiger partial charge in [0.15, 0.2) is 0 Å². The highest BCUT2D eigenvalue weighted by Gasteiger charge is 2.26. The Morgan fingerprint density at radius 1 is 1.16 bits per heavy atom. The van der Waals surface area contributed by atoms with Gasteiger partial charge in [-0.1, -0.05) is 42.1 Å². The number of thioether (sulfide) groups is 1. The number of aromatic nitrogens is 3. The van der Waals surface area contributed by atoms with Crippen molar-refractivity contribution >= 4 is 11.8 Å². The van der Waals surface area contributed by atoms with Gasteiger partial charge < -0.3 is 0 Å². The molecule has 0 fully saturated rings. The average Bonchev–Trinajstić information content (AvgIpc) is 2.76. The summed E-state index contributed by atoms with van der Waals surface area (Å²) in [7, 11) is 0. The maximum absolute atomic E-state index is 12.0. The Morgan fingerprint density at radius 2 is 1.89 bits per heavy atom. The summed E-state index contributed by atoms with van der Waals surface area (Å²) in [5, 5.41) is 6.99. The first-order chi connectivity index (χ1) is 9.03. The summed E-state index contributed by atoms with van der Waals surface area (Å²) in [6, 6.07) is 9.68. The van der Waals surface area contributed by atoms with E-state index >= 15 is 0 Å². The van der Waals surface area contributed by atoms with Crippen LogP contribution in [-0.2, 0) is 6.42 Å². The first-order valence-electron chi connectivity index (χ1n) is 5.68. The maximum atomic E-state index is 12.0. The highest BCUT2D eigenvalue weighted by Crippen LogP contribution is 2.24. The number of hydrogen-bond donors (Lipinski definition) is 1. The molecule has 0 spiro atoms. The minimum absolute atomic E-state index is 0.0634. The minimum atomic E-state index is -4.13. The zero-order valence-corrected chi connectivity index (χ0v) is 10.8. The summed E-state index contributed by atoms with van der Waals surface area (Å²) >= 11 is 1.01. The molecule has 0 radical (unpaired) electrons. The van der Waals surface area contributed by atoms with Crippen molar-refractivity contribution in [2.45, 2.75) is 24.2 Å². The van der Waals surface area contributed by atoms with Gasteiger partial charge in [-0.3, -0.25) is 5.10 Å². The lowest BCUT2D eigenvalue weighted by Gasteiger charge is -2.02. The standard InChI is InChI=1S/C12H12F3N3S/c13-12(14,15)6-7-19-11-16-10(17-18-11)8-9-4-2-1-3-5-9/h1-5H,6-8H2,(H,16,17,18). The topological polar surface area (TPSA) is 41.6 Å². The Labute approximate surface area is 112 Å².